The predicted molar refractivity (Wildman–Crippen MR) is 105 cm³/mol. The van der Waals surface area contributed by atoms with Crippen molar-refractivity contribution in [1.82, 2.24) is 9.80 Å². The van der Waals surface area contributed by atoms with Gasteiger partial charge in [-0.15, -0.1) is 0 Å². The van der Waals surface area contributed by atoms with E-state index in [0.29, 0.717) is 32.7 Å². The van der Waals surface area contributed by atoms with Gasteiger partial charge in [0.15, 0.2) is 5.78 Å². The summed E-state index contributed by atoms with van der Waals surface area (Å²) in [5, 5.41) is 0. The molecular weight excluding hydrogens is 340 g/mol. The first-order valence-corrected chi connectivity index (χ1v) is 9.46. The van der Waals surface area contributed by atoms with Crippen LogP contribution in [0.2, 0.25) is 0 Å². The number of hydrogen-bond donors (Lipinski definition) is 0. The number of hydrogen-bond acceptors (Lipinski definition) is 4. The van der Waals surface area contributed by atoms with Crippen LogP contribution in [0.25, 0.3) is 0 Å². The van der Waals surface area contributed by atoms with Crippen molar-refractivity contribution in [2.45, 2.75) is 13.3 Å². The number of carbonyl (C=O) groups is 2. The molecule has 0 radical (unpaired) electrons. The second-order valence-corrected chi connectivity index (χ2v) is 6.70. The third-order valence-electron chi connectivity index (χ3n) is 4.78. The van der Waals surface area contributed by atoms with Gasteiger partial charge in [0.05, 0.1) is 19.6 Å². The van der Waals surface area contributed by atoms with Gasteiger partial charge in [-0.3, -0.25) is 14.5 Å². The van der Waals surface area contributed by atoms with Gasteiger partial charge in [-0.2, -0.15) is 0 Å². The molecule has 0 bridgehead atoms. The van der Waals surface area contributed by atoms with E-state index in [1.54, 1.807) is 0 Å². The van der Waals surface area contributed by atoms with Crippen molar-refractivity contribution in [3.05, 3.63) is 65.7 Å². The summed E-state index contributed by atoms with van der Waals surface area (Å²) in [7, 11) is 0. The highest BCUT2D eigenvalue weighted by Crippen LogP contribution is 2.14. The quantitative estimate of drug-likeness (QED) is 0.707. The summed E-state index contributed by atoms with van der Waals surface area (Å²) in [5.41, 5.74) is 1.73. The second-order valence-electron chi connectivity index (χ2n) is 6.70. The van der Waals surface area contributed by atoms with Crippen molar-refractivity contribution in [3.63, 3.8) is 0 Å². The van der Waals surface area contributed by atoms with Crippen LogP contribution in [0.4, 0.5) is 0 Å². The minimum absolute atomic E-state index is 0.129. The molecule has 0 aromatic heterocycles. The van der Waals surface area contributed by atoms with E-state index in [2.05, 4.69) is 4.90 Å². The molecule has 1 saturated heterocycles. The third-order valence-corrected chi connectivity index (χ3v) is 4.78. The van der Waals surface area contributed by atoms with E-state index in [1.807, 2.05) is 66.4 Å². The molecule has 2 aromatic carbocycles. The van der Waals surface area contributed by atoms with Crippen LogP contribution in [-0.2, 0) is 11.2 Å². The topological polar surface area (TPSA) is 49.9 Å². The molecule has 2 aromatic rings. The maximum absolute atomic E-state index is 12.5. The first-order valence-electron chi connectivity index (χ1n) is 9.46. The molecule has 0 aliphatic carbocycles. The monoisotopic (exact) mass is 366 g/mol. The zero-order valence-electron chi connectivity index (χ0n) is 15.8. The molecule has 0 saturated carbocycles. The van der Waals surface area contributed by atoms with Crippen LogP contribution in [0, 0.1) is 0 Å². The number of carbonyl (C=O) groups excluding carboxylic acids is 2. The van der Waals surface area contributed by atoms with E-state index in [0.717, 1.165) is 30.0 Å². The minimum atomic E-state index is 0.129. The smallest absolute Gasteiger partial charge is 0.227 e. The average Bonchev–Trinajstić information content (AvgIpc) is 2.71. The van der Waals surface area contributed by atoms with Crippen LogP contribution in [0.3, 0.4) is 0 Å². The molecule has 5 heteroatoms. The molecule has 0 spiro atoms. The van der Waals surface area contributed by atoms with Crippen LogP contribution in [0.5, 0.6) is 5.75 Å². The van der Waals surface area contributed by atoms with E-state index < -0.39 is 0 Å². The van der Waals surface area contributed by atoms with Crippen molar-refractivity contribution < 1.29 is 14.3 Å². The van der Waals surface area contributed by atoms with Gasteiger partial charge in [0.2, 0.25) is 5.91 Å². The van der Waals surface area contributed by atoms with E-state index in [-0.39, 0.29) is 11.7 Å². The van der Waals surface area contributed by atoms with Crippen molar-refractivity contribution in [3.8, 4) is 5.75 Å². The Morgan fingerprint density at radius 2 is 1.59 bits per heavy atom. The molecule has 142 valence electrons. The lowest BCUT2D eigenvalue weighted by Gasteiger charge is -2.34. The van der Waals surface area contributed by atoms with Gasteiger partial charge in [0.1, 0.15) is 5.75 Å². The van der Waals surface area contributed by atoms with Crippen molar-refractivity contribution >= 4 is 11.7 Å². The lowest BCUT2D eigenvalue weighted by atomic mass is 10.1. The fourth-order valence-electron chi connectivity index (χ4n) is 3.23. The standard InChI is InChI=1S/C22H26N2O3/c1-2-27-20-10-8-18(9-11-20)16-22(26)24-14-12-23(13-15-24)17-21(25)19-6-4-3-5-7-19/h3-11H,2,12-17H2,1H3. The Kier molecular flexibility index (Phi) is 6.60. The summed E-state index contributed by atoms with van der Waals surface area (Å²) >= 11 is 0. The van der Waals surface area contributed by atoms with Gasteiger partial charge in [-0.1, -0.05) is 42.5 Å². The number of amides is 1. The lowest BCUT2D eigenvalue weighted by Crippen LogP contribution is -2.50. The summed E-state index contributed by atoms with van der Waals surface area (Å²) in [6.07, 6.45) is 0.398. The fourth-order valence-corrected chi connectivity index (χ4v) is 3.23. The second kappa shape index (κ2) is 9.33. The Morgan fingerprint density at radius 1 is 0.926 bits per heavy atom. The van der Waals surface area contributed by atoms with Crippen LogP contribution in [0.15, 0.2) is 54.6 Å². The zero-order valence-corrected chi connectivity index (χ0v) is 15.8. The lowest BCUT2D eigenvalue weighted by molar-refractivity contribution is -0.132. The number of ketones is 1. The van der Waals surface area contributed by atoms with E-state index >= 15 is 0 Å². The number of nitrogens with zero attached hydrogens (tertiary/aromatic N) is 2. The number of Topliss-reactive ketones (excluding diaryl/α,β-unsaturated/α-hetero) is 1. The normalized spacial score (nSPS) is 14.8. The number of benzene rings is 2. The maximum Gasteiger partial charge on any atom is 0.227 e. The molecule has 1 amide bonds. The van der Waals surface area contributed by atoms with Crippen LogP contribution in [-0.4, -0.2) is 60.8 Å². The van der Waals surface area contributed by atoms with E-state index in [1.165, 1.54) is 0 Å². The Hall–Kier alpha value is -2.66. The summed E-state index contributed by atoms with van der Waals surface area (Å²) in [5.74, 6) is 1.09. The Bertz CT molecular complexity index is 751. The van der Waals surface area contributed by atoms with E-state index in [4.69, 9.17) is 4.74 Å². The first kappa shape index (κ1) is 19.1. The predicted octanol–water partition coefficient (Wildman–Crippen LogP) is 2.65. The Balaban J connectivity index is 1.45. The van der Waals surface area contributed by atoms with Crippen LogP contribution in [0.1, 0.15) is 22.8 Å². The number of piperazine rings is 1. The van der Waals surface area contributed by atoms with Crippen molar-refractivity contribution in [2.24, 2.45) is 0 Å². The molecule has 1 heterocycles. The highest BCUT2D eigenvalue weighted by Gasteiger charge is 2.22. The Labute approximate surface area is 160 Å². The maximum atomic E-state index is 12.5. The molecule has 0 N–H and O–H groups in total. The summed E-state index contributed by atoms with van der Waals surface area (Å²) in [6.45, 7) is 5.78. The molecule has 5 nitrogen and oxygen atoms in total. The highest BCUT2D eigenvalue weighted by molar-refractivity contribution is 5.97. The molecule has 3 rings (SSSR count). The number of ether oxygens (including phenoxy) is 1. The molecule has 1 aliphatic rings. The van der Waals surface area contributed by atoms with Gasteiger partial charge in [0.25, 0.3) is 0 Å². The summed E-state index contributed by atoms with van der Waals surface area (Å²) < 4.78 is 5.43. The molecule has 1 fully saturated rings. The van der Waals surface area contributed by atoms with Gasteiger partial charge in [0, 0.05) is 31.7 Å². The summed E-state index contributed by atoms with van der Waals surface area (Å²) in [4.78, 5) is 28.9. The molecule has 27 heavy (non-hydrogen) atoms. The highest BCUT2D eigenvalue weighted by atomic mass is 16.5. The average molecular weight is 366 g/mol. The molecule has 1 aliphatic heterocycles. The fraction of sp³-hybridized carbons (Fsp3) is 0.364. The van der Waals surface area contributed by atoms with Gasteiger partial charge >= 0.3 is 0 Å². The SMILES string of the molecule is CCOc1ccc(CC(=O)N2CCN(CC(=O)c3ccccc3)CC2)cc1. The minimum Gasteiger partial charge on any atom is -0.494 e. The number of rotatable bonds is 7. The summed E-state index contributed by atoms with van der Waals surface area (Å²) in [6, 6.07) is 17.0. The molecule has 0 unspecified atom stereocenters. The van der Waals surface area contributed by atoms with Gasteiger partial charge in [-0.05, 0) is 24.6 Å². The molecule has 0 atom stereocenters. The first-order chi connectivity index (χ1) is 13.2. The van der Waals surface area contributed by atoms with E-state index in [9.17, 15) is 9.59 Å². The van der Waals surface area contributed by atoms with Crippen LogP contribution < -0.4 is 4.74 Å². The Morgan fingerprint density at radius 3 is 2.22 bits per heavy atom. The van der Waals surface area contributed by atoms with Crippen LogP contribution >= 0.6 is 0 Å². The van der Waals surface area contributed by atoms with Gasteiger partial charge in [-0.25, -0.2) is 0 Å². The van der Waals surface area contributed by atoms with Crippen molar-refractivity contribution in [2.75, 3.05) is 39.3 Å². The van der Waals surface area contributed by atoms with Gasteiger partial charge < -0.3 is 9.64 Å². The molecular formula is C22H26N2O3. The van der Waals surface area contributed by atoms with Crippen molar-refractivity contribution in [1.29, 1.82) is 0 Å². The largest absolute Gasteiger partial charge is 0.494 e. The zero-order chi connectivity index (χ0) is 19.1. The third kappa shape index (κ3) is 5.41.